The Morgan fingerprint density at radius 3 is 2.48 bits per heavy atom. The molecule has 0 aliphatic heterocycles. The van der Waals surface area contributed by atoms with Gasteiger partial charge in [-0.1, -0.05) is 24.3 Å². The van der Waals surface area contributed by atoms with Crippen LogP contribution in [0.5, 0.6) is 5.75 Å². The van der Waals surface area contributed by atoms with Crippen molar-refractivity contribution < 1.29 is 19.1 Å². The molecule has 0 saturated heterocycles. The number of para-hydroxylation sites is 1. The Labute approximate surface area is 171 Å². The first-order valence-electron chi connectivity index (χ1n) is 9.45. The number of anilines is 2. The van der Waals surface area contributed by atoms with Gasteiger partial charge in [0, 0.05) is 44.7 Å². The number of nitrogens with one attached hydrogen (secondary N) is 2. The summed E-state index contributed by atoms with van der Waals surface area (Å²) in [6, 6.07) is 14.7. The third-order valence-corrected chi connectivity index (χ3v) is 4.33. The summed E-state index contributed by atoms with van der Waals surface area (Å²) < 4.78 is 5.31. The van der Waals surface area contributed by atoms with E-state index in [2.05, 4.69) is 10.6 Å². The second-order valence-corrected chi connectivity index (χ2v) is 6.56. The zero-order valence-corrected chi connectivity index (χ0v) is 17.0. The molecule has 0 bridgehead atoms. The molecule has 29 heavy (non-hydrogen) atoms. The molecule has 154 valence electrons. The van der Waals surface area contributed by atoms with Crippen LogP contribution in [0.15, 0.2) is 48.5 Å². The van der Waals surface area contributed by atoms with Crippen molar-refractivity contribution in [3.05, 3.63) is 54.1 Å². The molecule has 7 heteroatoms. The minimum absolute atomic E-state index is 0.135. The van der Waals surface area contributed by atoms with E-state index < -0.39 is 0 Å². The van der Waals surface area contributed by atoms with Gasteiger partial charge in [-0.25, -0.2) is 0 Å². The summed E-state index contributed by atoms with van der Waals surface area (Å²) in [5.74, 6) is 0.297. The molecule has 0 spiro atoms. The normalized spacial score (nSPS) is 10.2. The van der Waals surface area contributed by atoms with E-state index in [-0.39, 0.29) is 30.7 Å². The topological polar surface area (TPSA) is 87.7 Å². The van der Waals surface area contributed by atoms with Crippen LogP contribution < -0.4 is 20.3 Å². The Hall–Kier alpha value is -3.35. The number of methoxy groups -OCH3 is 1. The number of hydrogen-bond acceptors (Lipinski definition) is 4. The number of hydrogen-bond donors (Lipinski definition) is 2. The fourth-order valence-corrected chi connectivity index (χ4v) is 2.97. The van der Waals surface area contributed by atoms with E-state index in [1.165, 1.54) is 18.7 Å². The van der Waals surface area contributed by atoms with Crippen molar-refractivity contribution in [1.29, 1.82) is 0 Å². The van der Waals surface area contributed by atoms with Gasteiger partial charge >= 0.3 is 0 Å². The fraction of sp³-hybridized carbons (Fsp3) is 0.318. The van der Waals surface area contributed by atoms with Crippen LogP contribution in [0, 0.1) is 0 Å². The average molecular weight is 397 g/mol. The van der Waals surface area contributed by atoms with Crippen molar-refractivity contribution in [3.8, 4) is 5.75 Å². The van der Waals surface area contributed by atoms with Crippen molar-refractivity contribution in [2.24, 2.45) is 0 Å². The van der Waals surface area contributed by atoms with Crippen LogP contribution in [-0.4, -0.2) is 37.9 Å². The van der Waals surface area contributed by atoms with Crippen molar-refractivity contribution in [1.82, 2.24) is 5.32 Å². The maximum absolute atomic E-state index is 12.2. The molecule has 2 rings (SSSR count). The van der Waals surface area contributed by atoms with Gasteiger partial charge < -0.3 is 20.3 Å². The molecular weight excluding hydrogens is 370 g/mol. The van der Waals surface area contributed by atoms with Gasteiger partial charge in [-0.05, 0) is 36.2 Å². The van der Waals surface area contributed by atoms with Crippen LogP contribution in [0.1, 0.15) is 25.8 Å². The van der Waals surface area contributed by atoms with E-state index >= 15 is 0 Å². The quantitative estimate of drug-likeness (QED) is 0.681. The van der Waals surface area contributed by atoms with Gasteiger partial charge in [-0.2, -0.15) is 0 Å². The zero-order chi connectivity index (χ0) is 21.2. The number of carbonyl (C=O) groups is 3. The van der Waals surface area contributed by atoms with Crippen LogP contribution in [0.25, 0.3) is 0 Å². The highest BCUT2D eigenvalue weighted by Crippen LogP contribution is 2.20. The molecule has 0 radical (unpaired) electrons. The van der Waals surface area contributed by atoms with E-state index in [0.717, 1.165) is 11.3 Å². The highest BCUT2D eigenvalue weighted by atomic mass is 16.5. The Balaban J connectivity index is 1.89. The molecule has 0 aliphatic rings. The Morgan fingerprint density at radius 1 is 1.03 bits per heavy atom. The molecule has 7 nitrogen and oxygen atoms in total. The van der Waals surface area contributed by atoms with Gasteiger partial charge in [0.1, 0.15) is 5.75 Å². The third-order valence-electron chi connectivity index (χ3n) is 4.33. The summed E-state index contributed by atoms with van der Waals surface area (Å²) in [4.78, 5) is 37.0. The van der Waals surface area contributed by atoms with Crippen LogP contribution in [0.3, 0.4) is 0 Å². The molecule has 0 heterocycles. The second-order valence-electron chi connectivity index (χ2n) is 6.56. The molecule has 2 N–H and O–H groups in total. The van der Waals surface area contributed by atoms with Gasteiger partial charge in [0.25, 0.3) is 0 Å². The van der Waals surface area contributed by atoms with Crippen molar-refractivity contribution in [2.75, 3.05) is 30.4 Å². The molecule has 0 aliphatic carbocycles. The monoisotopic (exact) mass is 397 g/mol. The molecule has 0 unspecified atom stereocenters. The molecule has 3 amide bonds. The summed E-state index contributed by atoms with van der Waals surface area (Å²) in [7, 11) is 1.62. The number of nitrogens with zero attached hydrogens (tertiary/aromatic N) is 1. The van der Waals surface area contributed by atoms with Crippen LogP contribution in [0.2, 0.25) is 0 Å². The lowest BCUT2D eigenvalue weighted by atomic mass is 10.1. The summed E-state index contributed by atoms with van der Waals surface area (Å²) in [6.07, 6.45) is 0.834. The standard InChI is InChI=1S/C22H27N3O4/c1-16(26)24-19-8-6-9-20(15-19)25(17(2)27)14-12-22(28)23-13-11-18-7-4-5-10-21(18)29-3/h4-10,15H,11-14H2,1-3H3,(H,23,28)(H,24,26). The highest BCUT2D eigenvalue weighted by molar-refractivity contribution is 5.94. The average Bonchev–Trinajstić information content (AvgIpc) is 2.68. The Kier molecular flexibility index (Phi) is 8.21. The summed E-state index contributed by atoms with van der Waals surface area (Å²) >= 11 is 0. The first-order valence-corrected chi connectivity index (χ1v) is 9.45. The van der Waals surface area contributed by atoms with E-state index in [9.17, 15) is 14.4 Å². The van der Waals surface area contributed by atoms with E-state index in [1.807, 2.05) is 24.3 Å². The Bertz CT molecular complexity index is 867. The maximum atomic E-state index is 12.2. The van der Waals surface area contributed by atoms with Gasteiger partial charge in [-0.15, -0.1) is 0 Å². The summed E-state index contributed by atoms with van der Waals surface area (Å²) in [5.41, 5.74) is 2.25. The van der Waals surface area contributed by atoms with Crippen LogP contribution >= 0.6 is 0 Å². The van der Waals surface area contributed by atoms with Crippen LogP contribution in [-0.2, 0) is 20.8 Å². The minimum atomic E-state index is -0.189. The van der Waals surface area contributed by atoms with Gasteiger partial charge in [0.2, 0.25) is 17.7 Å². The molecule has 2 aromatic rings. The molecule has 0 fully saturated rings. The first-order chi connectivity index (χ1) is 13.9. The van der Waals surface area contributed by atoms with Crippen molar-refractivity contribution >= 4 is 29.1 Å². The SMILES string of the molecule is COc1ccccc1CCNC(=O)CCN(C(C)=O)c1cccc(NC(C)=O)c1. The predicted octanol–water partition coefficient (Wildman–Crippen LogP) is 2.76. The largest absolute Gasteiger partial charge is 0.496 e. The summed E-state index contributed by atoms with van der Waals surface area (Å²) in [6.45, 7) is 3.60. The lowest BCUT2D eigenvalue weighted by molar-refractivity contribution is -0.121. The molecule has 2 aromatic carbocycles. The van der Waals surface area contributed by atoms with E-state index in [0.29, 0.717) is 24.3 Å². The number of amides is 3. The zero-order valence-electron chi connectivity index (χ0n) is 17.0. The fourth-order valence-electron chi connectivity index (χ4n) is 2.97. The second kappa shape index (κ2) is 10.8. The molecule has 0 saturated carbocycles. The predicted molar refractivity (Wildman–Crippen MR) is 113 cm³/mol. The Morgan fingerprint density at radius 2 is 1.79 bits per heavy atom. The van der Waals surface area contributed by atoms with E-state index in [1.54, 1.807) is 31.4 Å². The highest BCUT2D eigenvalue weighted by Gasteiger charge is 2.14. The number of rotatable bonds is 9. The molecule has 0 atom stereocenters. The molecular formula is C22H27N3O4. The third kappa shape index (κ3) is 6.95. The molecule has 0 aromatic heterocycles. The van der Waals surface area contributed by atoms with Gasteiger partial charge in [-0.3, -0.25) is 14.4 Å². The number of ether oxygens (including phenoxy) is 1. The van der Waals surface area contributed by atoms with Crippen molar-refractivity contribution in [3.63, 3.8) is 0 Å². The lowest BCUT2D eigenvalue weighted by Gasteiger charge is -2.21. The van der Waals surface area contributed by atoms with Crippen molar-refractivity contribution in [2.45, 2.75) is 26.7 Å². The summed E-state index contributed by atoms with van der Waals surface area (Å²) in [5, 5.41) is 5.57. The smallest absolute Gasteiger partial charge is 0.223 e. The van der Waals surface area contributed by atoms with Gasteiger partial charge in [0.15, 0.2) is 0 Å². The van der Waals surface area contributed by atoms with Crippen LogP contribution in [0.4, 0.5) is 11.4 Å². The maximum Gasteiger partial charge on any atom is 0.223 e. The van der Waals surface area contributed by atoms with E-state index in [4.69, 9.17) is 4.74 Å². The number of carbonyl (C=O) groups excluding carboxylic acids is 3. The lowest BCUT2D eigenvalue weighted by Crippen LogP contribution is -2.34. The van der Waals surface area contributed by atoms with Gasteiger partial charge in [0.05, 0.1) is 7.11 Å². The number of benzene rings is 2. The first kappa shape index (κ1) is 21.9. The minimum Gasteiger partial charge on any atom is -0.496 e.